The summed E-state index contributed by atoms with van der Waals surface area (Å²) in [7, 11) is 0. The van der Waals surface area contributed by atoms with E-state index in [-0.39, 0.29) is 17.9 Å². The van der Waals surface area contributed by atoms with Crippen LogP contribution in [0, 0.1) is 19.8 Å². The number of aliphatic hydroxyl groups is 1. The number of nitrogens with one attached hydrogen (secondary N) is 1. The molecule has 0 radical (unpaired) electrons. The van der Waals surface area contributed by atoms with Crippen molar-refractivity contribution in [2.45, 2.75) is 55.7 Å². The van der Waals surface area contributed by atoms with E-state index in [9.17, 15) is 9.90 Å². The van der Waals surface area contributed by atoms with Crippen molar-refractivity contribution in [1.82, 2.24) is 10.1 Å². The van der Waals surface area contributed by atoms with Crippen LogP contribution in [0.15, 0.2) is 27.1 Å². The summed E-state index contributed by atoms with van der Waals surface area (Å²) in [6.45, 7) is 3.88. The molecule has 0 saturated heterocycles. The molecule has 0 aliphatic heterocycles. The average Bonchev–Trinajstić information content (AvgIpc) is 3.22. The number of nitrogens with zero attached hydrogens (tertiary/aromatic N) is 2. The van der Waals surface area contributed by atoms with Gasteiger partial charge < -0.3 is 14.9 Å². The Kier molecular flexibility index (Phi) is 5.70. The molecule has 1 fully saturated rings. The first kappa shape index (κ1) is 19.4. The number of anilines is 1. The zero-order chi connectivity index (χ0) is 19.7. The molecular weight excluding hydrogens is 394 g/mol. The lowest BCUT2D eigenvalue weighted by Gasteiger charge is -2.24. The van der Waals surface area contributed by atoms with E-state index < -0.39 is 0 Å². The molecule has 2 heterocycles. The number of rotatable bonds is 5. The summed E-state index contributed by atoms with van der Waals surface area (Å²) in [5.74, 6) is 1.66. The number of hydrogen-bond acceptors (Lipinski definition) is 7. The van der Waals surface area contributed by atoms with Crippen LogP contribution < -0.4 is 5.32 Å². The van der Waals surface area contributed by atoms with Crippen molar-refractivity contribution in [1.29, 1.82) is 0 Å². The number of aliphatic hydroxyl groups excluding tert-OH is 1. The number of thiazole rings is 1. The van der Waals surface area contributed by atoms with Gasteiger partial charge >= 0.3 is 0 Å². The highest BCUT2D eigenvalue weighted by atomic mass is 32.2. The van der Waals surface area contributed by atoms with E-state index in [2.05, 4.69) is 15.5 Å². The second kappa shape index (κ2) is 8.23. The maximum atomic E-state index is 12.5. The van der Waals surface area contributed by atoms with Gasteiger partial charge in [0.05, 0.1) is 22.0 Å². The van der Waals surface area contributed by atoms with Crippen molar-refractivity contribution in [3.05, 3.63) is 35.2 Å². The van der Waals surface area contributed by atoms with Crippen LogP contribution in [0.1, 0.15) is 42.7 Å². The maximum absolute atomic E-state index is 12.5. The molecule has 148 valence electrons. The van der Waals surface area contributed by atoms with Gasteiger partial charge in [0, 0.05) is 22.9 Å². The predicted octanol–water partition coefficient (Wildman–Crippen LogP) is 4.68. The summed E-state index contributed by atoms with van der Waals surface area (Å²) in [4.78, 5) is 17.2. The number of fused-ring (bicyclic) bond motifs is 1. The van der Waals surface area contributed by atoms with Gasteiger partial charge in [-0.1, -0.05) is 16.9 Å². The van der Waals surface area contributed by atoms with Crippen molar-refractivity contribution >= 4 is 44.9 Å². The van der Waals surface area contributed by atoms with Crippen LogP contribution in [0.5, 0.6) is 0 Å². The van der Waals surface area contributed by atoms with Crippen molar-refractivity contribution < 1.29 is 14.4 Å². The van der Waals surface area contributed by atoms with Crippen molar-refractivity contribution in [3.63, 3.8) is 0 Å². The van der Waals surface area contributed by atoms with Crippen LogP contribution in [0.4, 0.5) is 5.69 Å². The first-order valence-corrected chi connectivity index (χ1v) is 11.2. The third kappa shape index (κ3) is 4.24. The molecule has 6 nitrogen and oxygen atoms in total. The van der Waals surface area contributed by atoms with Crippen LogP contribution in [-0.2, 0) is 10.5 Å². The highest BCUT2D eigenvalue weighted by Gasteiger charge is 2.25. The summed E-state index contributed by atoms with van der Waals surface area (Å²) in [5, 5.41) is 16.6. The summed E-state index contributed by atoms with van der Waals surface area (Å²) < 4.78 is 7.26. The van der Waals surface area contributed by atoms with Gasteiger partial charge in [-0.2, -0.15) is 0 Å². The van der Waals surface area contributed by atoms with Crippen molar-refractivity contribution in [2.24, 2.45) is 5.92 Å². The fourth-order valence-corrected chi connectivity index (χ4v) is 5.73. The van der Waals surface area contributed by atoms with Gasteiger partial charge in [0.25, 0.3) is 0 Å². The summed E-state index contributed by atoms with van der Waals surface area (Å²) in [5.41, 5.74) is 3.78. The zero-order valence-electron chi connectivity index (χ0n) is 15.9. The molecular formula is C20H23N3O3S2. The van der Waals surface area contributed by atoms with Gasteiger partial charge in [0.1, 0.15) is 5.76 Å². The van der Waals surface area contributed by atoms with Crippen LogP contribution in [-0.4, -0.2) is 27.3 Å². The van der Waals surface area contributed by atoms with Crippen molar-refractivity contribution in [3.8, 4) is 0 Å². The van der Waals surface area contributed by atoms with E-state index >= 15 is 0 Å². The van der Waals surface area contributed by atoms with Crippen LogP contribution in [0.2, 0.25) is 0 Å². The second-order valence-corrected chi connectivity index (χ2v) is 9.50. The summed E-state index contributed by atoms with van der Waals surface area (Å²) in [6, 6.07) is 5.84. The van der Waals surface area contributed by atoms with Gasteiger partial charge in [-0.05, 0) is 57.7 Å². The zero-order valence-corrected chi connectivity index (χ0v) is 17.5. The molecule has 1 amide bonds. The summed E-state index contributed by atoms with van der Waals surface area (Å²) >= 11 is 3.30. The number of benzene rings is 1. The van der Waals surface area contributed by atoms with Crippen LogP contribution in [0.25, 0.3) is 10.2 Å². The monoisotopic (exact) mass is 417 g/mol. The summed E-state index contributed by atoms with van der Waals surface area (Å²) in [6.07, 6.45) is 2.66. The first-order valence-electron chi connectivity index (χ1n) is 9.43. The highest BCUT2D eigenvalue weighted by Crippen LogP contribution is 2.34. The molecule has 8 heteroatoms. The molecule has 2 aromatic heterocycles. The number of carbonyl (C=O) groups excluding carboxylic acids is 1. The van der Waals surface area contributed by atoms with Gasteiger partial charge in [-0.15, -0.1) is 11.3 Å². The average molecular weight is 418 g/mol. The Morgan fingerprint density at radius 2 is 2.11 bits per heavy atom. The lowest BCUT2D eigenvalue weighted by atomic mass is 9.87. The first-order chi connectivity index (χ1) is 13.5. The minimum absolute atomic E-state index is 0.0123. The number of carbonyl (C=O) groups is 1. The molecule has 1 aliphatic rings. The fourth-order valence-electron chi connectivity index (χ4n) is 3.47. The number of thioether (sulfide) groups is 1. The maximum Gasteiger partial charge on any atom is 0.227 e. The van der Waals surface area contributed by atoms with Crippen LogP contribution in [0.3, 0.4) is 0 Å². The molecule has 0 atom stereocenters. The fraction of sp³-hybridized carbons (Fsp3) is 0.450. The number of aromatic nitrogens is 2. The van der Waals surface area contributed by atoms with E-state index in [1.54, 1.807) is 23.1 Å². The Bertz CT molecular complexity index is 970. The van der Waals surface area contributed by atoms with Gasteiger partial charge in [0.15, 0.2) is 4.34 Å². The number of amides is 1. The largest absolute Gasteiger partial charge is 0.393 e. The molecule has 1 saturated carbocycles. The second-order valence-electron chi connectivity index (χ2n) is 7.25. The number of hydrogen-bond donors (Lipinski definition) is 2. The molecule has 1 aliphatic carbocycles. The number of aryl methyl sites for hydroxylation is 2. The Balaban J connectivity index is 1.42. The van der Waals surface area contributed by atoms with Gasteiger partial charge in [-0.25, -0.2) is 4.98 Å². The molecule has 0 bridgehead atoms. The third-order valence-corrected chi connectivity index (χ3v) is 7.41. The lowest BCUT2D eigenvalue weighted by molar-refractivity contribution is -0.121. The quantitative estimate of drug-likeness (QED) is 0.586. The molecule has 1 aromatic carbocycles. The SMILES string of the molecule is Cc1noc(C)c1CSc1nc2ccc(NC(=O)C3CCC(O)CC3)cc2s1. The van der Waals surface area contributed by atoms with E-state index in [1.165, 1.54) is 0 Å². The normalized spacial score (nSPS) is 19.8. The third-order valence-electron chi connectivity index (χ3n) is 5.23. The Morgan fingerprint density at radius 1 is 1.32 bits per heavy atom. The lowest BCUT2D eigenvalue weighted by Crippen LogP contribution is -2.28. The molecule has 3 aromatic rings. The Morgan fingerprint density at radius 3 is 2.82 bits per heavy atom. The molecule has 28 heavy (non-hydrogen) atoms. The minimum atomic E-state index is -0.251. The van der Waals surface area contributed by atoms with E-state index in [0.717, 1.165) is 55.9 Å². The molecule has 4 rings (SSSR count). The van der Waals surface area contributed by atoms with Crippen molar-refractivity contribution in [2.75, 3.05) is 5.32 Å². The topological polar surface area (TPSA) is 88.3 Å². The Hall–Kier alpha value is -1.90. The van der Waals surface area contributed by atoms with E-state index in [4.69, 9.17) is 4.52 Å². The van der Waals surface area contributed by atoms with Gasteiger partial charge in [0.2, 0.25) is 5.91 Å². The smallest absolute Gasteiger partial charge is 0.227 e. The van der Waals surface area contributed by atoms with Gasteiger partial charge in [-0.3, -0.25) is 4.79 Å². The standard InChI is InChI=1S/C20H23N3O3S2/c1-11-16(12(2)26-23-11)10-27-20-22-17-8-5-14(9-18(17)28-20)21-19(25)13-3-6-15(24)7-4-13/h5,8-9,13,15,24H,3-4,6-7,10H2,1-2H3,(H,21,25). The molecule has 2 N–H and O–H groups in total. The molecule has 0 unspecified atom stereocenters. The Labute approximate surface area is 171 Å². The van der Waals surface area contributed by atoms with E-state index in [1.807, 2.05) is 32.0 Å². The highest BCUT2D eigenvalue weighted by molar-refractivity contribution is 8.00. The molecule has 0 spiro atoms. The van der Waals surface area contributed by atoms with Crippen LogP contribution >= 0.6 is 23.1 Å². The predicted molar refractivity (Wildman–Crippen MR) is 112 cm³/mol. The van der Waals surface area contributed by atoms with E-state index in [0.29, 0.717) is 12.8 Å². The minimum Gasteiger partial charge on any atom is -0.393 e.